The molecule has 1 atom stereocenters. The molecule has 0 radical (unpaired) electrons. The molecule has 7 heteroatoms. The predicted octanol–water partition coefficient (Wildman–Crippen LogP) is 5.04. The van der Waals surface area contributed by atoms with E-state index in [1.165, 1.54) is 4.90 Å². The van der Waals surface area contributed by atoms with Crippen molar-refractivity contribution in [1.29, 1.82) is 0 Å². The van der Waals surface area contributed by atoms with Gasteiger partial charge in [-0.3, -0.25) is 14.5 Å². The van der Waals surface area contributed by atoms with Gasteiger partial charge in [0.05, 0.1) is 18.7 Å². The molecular weight excluding hydrogens is 440 g/mol. The number of anilines is 2. The van der Waals surface area contributed by atoms with Crippen LogP contribution < -0.4 is 14.5 Å². The molecule has 0 aliphatic carbocycles. The van der Waals surface area contributed by atoms with Crippen molar-refractivity contribution in [3.8, 4) is 5.75 Å². The summed E-state index contributed by atoms with van der Waals surface area (Å²) < 4.78 is 5.22. The van der Waals surface area contributed by atoms with E-state index in [1.807, 2.05) is 43.3 Å². The van der Waals surface area contributed by atoms with Crippen molar-refractivity contribution in [3.05, 3.63) is 94.5 Å². The van der Waals surface area contributed by atoms with Crippen molar-refractivity contribution in [3.63, 3.8) is 0 Å². The Morgan fingerprint density at radius 1 is 0.939 bits per heavy atom. The largest absolute Gasteiger partial charge is 0.507 e. The highest BCUT2D eigenvalue weighted by atomic mass is 35.5. The van der Waals surface area contributed by atoms with Crippen molar-refractivity contribution in [2.24, 2.45) is 0 Å². The van der Waals surface area contributed by atoms with Crippen LogP contribution in [0, 0.1) is 0 Å². The number of nitrogens with zero attached hydrogens (tertiary/aromatic N) is 2. The second-order valence-corrected chi connectivity index (χ2v) is 8.30. The van der Waals surface area contributed by atoms with Crippen LogP contribution in [0.3, 0.4) is 0 Å². The highest BCUT2D eigenvalue weighted by molar-refractivity contribution is 6.51. The SMILES string of the molecule is COc1ccc(N2C(=O)C(=O)C(=C(O)c3ccc(Cl)cc3)C2c2ccc(N(C)C)cc2)cc1. The fourth-order valence-corrected chi connectivity index (χ4v) is 4.00. The minimum absolute atomic E-state index is 0.0238. The summed E-state index contributed by atoms with van der Waals surface area (Å²) in [7, 11) is 5.41. The van der Waals surface area contributed by atoms with Crippen LogP contribution in [-0.2, 0) is 9.59 Å². The van der Waals surface area contributed by atoms with Gasteiger partial charge in [0, 0.05) is 36.1 Å². The zero-order valence-electron chi connectivity index (χ0n) is 18.4. The molecule has 168 valence electrons. The van der Waals surface area contributed by atoms with E-state index >= 15 is 0 Å². The predicted molar refractivity (Wildman–Crippen MR) is 130 cm³/mol. The van der Waals surface area contributed by atoms with Crippen LogP contribution in [0.5, 0.6) is 5.75 Å². The lowest BCUT2D eigenvalue weighted by atomic mass is 9.95. The molecule has 1 N–H and O–H groups in total. The summed E-state index contributed by atoms with van der Waals surface area (Å²) in [5.74, 6) is -1.08. The van der Waals surface area contributed by atoms with Gasteiger partial charge in [0.25, 0.3) is 11.7 Å². The van der Waals surface area contributed by atoms with Gasteiger partial charge in [0.2, 0.25) is 0 Å². The topological polar surface area (TPSA) is 70.1 Å². The second kappa shape index (κ2) is 9.00. The summed E-state index contributed by atoms with van der Waals surface area (Å²) in [5, 5.41) is 11.6. The minimum Gasteiger partial charge on any atom is -0.507 e. The molecule has 1 fully saturated rings. The Hall–Kier alpha value is -3.77. The Morgan fingerprint density at radius 3 is 2.09 bits per heavy atom. The number of Topliss-reactive ketones (excluding diaryl/α,β-unsaturated/α-hetero) is 1. The molecule has 1 unspecified atom stereocenters. The van der Waals surface area contributed by atoms with Gasteiger partial charge in [0.1, 0.15) is 11.5 Å². The third kappa shape index (κ3) is 4.17. The fourth-order valence-electron chi connectivity index (χ4n) is 3.88. The maximum absolute atomic E-state index is 13.2. The zero-order valence-corrected chi connectivity index (χ0v) is 19.2. The lowest BCUT2D eigenvalue weighted by molar-refractivity contribution is -0.132. The lowest BCUT2D eigenvalue weighted by Gasteiger charge is -2.26. The molecule has 33 heavy (non-hydrogen) atoms. The molecule has 3 aromatic rings. The molecule has 3 aromatic carbocycles. The number of ketones is 1. The van der Waals surface area contributed by atoms with Gasteiger partial charge in [-0.15, -0.1) is 0 Å². The van der Waals surface area contributed by atoms with Gasteiger partial charge < -0.3 is 14.7 Å². The highest BCUT2D eigenvalue weighted by Gasteiger charge is 2.47. The Labute approximate surface area is 197 Å². The standard InChI is InChI=1S/C26H23ClN2O4/c1-28(2)19-10-6-16(7-11-19)23-22(24(30)17-4-8-18(27)9-5-17)25(31)26(32)29(23)20-12-14-21(33-3)15-13-20/h4-15,23,30H,1-3H3. The Morgan fingerprint density at radius 2 is 1.55 bits per heavy atom. The number of ether oxygens (including phenoxy) is 1. The van der Waals surface area contributed by atoms with Crippen LogP contribution in [0.2, 0.25) is 5.02 Å². The number of rotatable bonds is 5. The van der Waals surface area contributed by atoms with E-state index < -0.39 is 17.7 Å². The summed E-state index contributed by atoms with van der Waals surface area (Å²) in [6.45, 7) is 0. The summed E-state index contributed by atoms with van der Waals surface area (Å²) in [4.78, 5) is 29.7. The minimum atomic E-state index is -0.801. The van der Waals surface area contributed by atoms with Crippen LogP contribution in [-0.4, -0.2) is 38.0 Å². The van der Waals surface area contributed by atoms with E-state index in [1.54, 1.807) is 55.6 Å². The molecule has 6 nitrogen and oxygen atoms in total. The number of hydrogen-bond acceptors (Lipinski definition) is 5. The maximum Gasteiger partial charge on any atom is 0.300 e. The number of benzene rings is 3. The number of carbonyl (C=O) groups excluding carboxylic acids is 2. The summed E-state index contributed by atoms with van der Waals surface area (Å²) in [6.07, 6.45) is 0. The number of halogens is 1. The lowest BCUT2D eigenvalue weighted by Crippen LogP contribution is -2.29. The first-order valence-electron chi connectivity index (χ1n) is 10.3. The molecule has 0 spiro atoms. The fraction of sp³-hybridized carbons (Fsp3) is 0.154. The van der Waals surface area contributed by atoms with Crippen molar-refractivity contribution in [2.75, 3.05) is 31.0 Å². The maximum atomic E-state index is 13.2. The summed E-state index contributed by atoms with van der Waals surface area (Å²) >= 11 is 5.98. The van der Waals surface area contributed by atoms with Crippen LogP contribution in [0.4, 0.5) is 11.4 Å². The van der Waals surface area contributed by atoms with Crippen LogP contribution in [0.15, 0.2) is 78.4 Å². The van der Waals surface area contributed by atoms with E-state index in [2.05, 4.69) is 0 Å². The molecule has 0 bridgehead atoms. The number of methoxy groups -OCH3 is 1. The molecule has 1 amide bonds. The van der Waals surface area contributed by atoms with Crippen LogP contribution >= 0.6 is 11.6 Å². The Bertz CT molecular complexity index is 1220. The summed E-state index contributed by atoms with van der Waals surface area (Å²) in [5.41, 5.74) is 2.62. The van der Waals surface area contributed by atoms with Crippen molar-refractivity contribution in [2.45, 2.75) is 6.04 Å². The number of hydrogen-bond donors (Lipinski definition) is 1. The van der Waals surface area contributed by atoms with Crippen molar-refractivity contribution in [1.82, 2.24) is 0 Å². The average molecular weight is 463 g/mol. The first kappa shape index (κ1) is 22.4. The van der Waals surface area contributed by atoms with Gasteiger partial charge in [0.15, 0.2) is 0 Å². The number of amides is 1. The number of aliphatic hydroxyl groups excluding tert-OH is 1. The molecule has 1 aliphatic rings. The smallest absolute Gasteiger partial charge is 0.300 e. The molecule has 0 aromatic heterocycles. The van der Waals surface area contributed by atoms with E-state index in [-0.39, 0.29) is 11.3 Å². The molecule has 1 saturated heterocycles. The van der Waals surface area contributed by atoms with E-state index in [9.17, 15) is 14.7 Å². The molecule has 1 heterocycles. The van der Waals surface area contributed by atoms with E-state index in [0.29, 0.717) is 27.6 Å². The van der Waals surface area contributed by atoms with Crippen molar-refractivity contribution >= 4 is 40.4 Å². The van der Waals surface area contributed by atoms with Crippen LogP contribution in [0.25, 0.3) is 5.76 Å². The monoisotopic (exact) mass is 462 g/mol. The number of aliphatic hydroxyl groups is 1. The van der Waals surface area contributed by atoms with Gasteiger partial charge in [-0.25, -0.2) is 0 Å². The van der Waals surface area contributed by atoms with E-state index in [0.717, 1.165) is 5.69 Å². The molecule has 0 saturated carbocycles. The average Bonchev–Trinajstić information content (AvgIpc) is 3.09. The second-order valence-electron chi connectivity index (χ2n) is 7.86. The van der Waals surface area contributed by atoms with Gasteiger partial charge in [-0.1, -0.05) is 23.7 Å². The van der Waals surface area contributed by atoms with Crippen molar-refractivity contribution < 1.29 is 19.4 Å². The molecular formula is C26H23ClN2O4. The first-order valence-corrected chi connectivity index (χ1v) is 10.7. The Kier molecular flexibility index (Phi) is 6.11. The van der Waals surface area contributed by atoms with Crippen LogP contribution in [0.1, 0.15) is 17.2 Å². The summed E-state index contributed by atoms with van der Waals surface area (Å²) in [6, 6.07) is 20.1. The Balaban J connectivity index is 1.90. The molecule has 4 rings (SSSR count). The normalized spacial score (nSPS) is 17.3. The van der Waals surface area contributed by atoms with E-state index in [4.69, 9.17) is 16.3 Å². The zero-order chi connectivity index (χ0) is 23.7. The number of carbonyl (C=O) groups is 2. The molecule has 1 aliphatic heterocycles. The first-order chi connectivity index (χ1) is 15.8. The van der Waals surface area contributed by atoms with Gasteiger partial charge >= 0.3 is 0 Å². The highest BCUT2D eigenvalue weighted by Crippen LogP contribution is 2.42. The third-order valence-electron chi connectivity index (χ3n) is 5.64. The third-order valence-corrected chi connectivity index (χ3v) is 5.89. The van der Waals surface area contributed by atoms with Gasteiger partial charge in [-0.05, 0) is 66.2 Å². The van der Waals surface area contributed by atoms with Gasteiger partial charge in [-0.2, -0.15) is 0 Å². The quantitative estimate of drug-likeness (QED) is 0.327.